The van der Waals surface area contributed by atoms with Gasteiger partial charge in [-0.3, -0.25) is 19.0 Å². The normalized spacial score (nSPS) is 10.9. The minimum Gasteiger partial charge on any atom is -1.00 e. The van der Waals surface area contributed by atoms with Gasteiger partial charge in [0.2, 0.25) is 17.2 Å². The largest absolute Gasteiger partial charge is 1.00 e. The van der Waals surface area contributed by atoms with Crippen molar-refractivity contribution in [1.82, 2.24) is 19.8 Å². The van der Waals surface area contributed by atoms with E-state index in [1.807, 2.05) is 49.4 Å². The number of nitrogens with zero attached hydrogens (tertiary/aromatic N) is 4. The van der Waals surface area contributed by atoms with Gasteiger partial charge in [-0.05, 0) is 113 Å². The van der Waals surface area contributed by atoms with E-state index in [-0.39, 0.29) is 43.1 Å². The number of halogens is 2. The summed E-state index contributed by atoms with van der Waals surface area (Å²) in [6, 6.07) is 26.7. The molecule has 0 spiro atoms. The molecule has 1 aliphatic carbocycles. The molecule has 60 heavy (non-hydrogen) atoms. The van der Waals surface area contributed by atoms with Crippen LogP contribution in [0.3, 0.4) is 0 Å². The van der Waals surface area contributed by atoms with Crippen molar-refractivity contribution in [2.75, 3.05) is 51.3 Å². The molecular weight excluding hydrogens is 799 g/mol. The average molecular weight is 852 g/mol. The monoisotopic (exact) mass is 850 g/mol. The fourth-order valence-electron chi connectivity index (χ4n) is 7.72. The van der Waals surface area contributed by atoms with E-state index >= 15 is 0 Å². The van der Waals surface area contributed by atoms with Gasteiger partial charge in [-0.2, -0.15) is 5.26 Å². The lowest BCUT2D eigenvalue weighted by Crippen LogP contribution is -3.00. The smallest absolute Gasteiger partial charge is 0.262 e. The molecule has 1 aromatic heterocycles. The van der Waals surface area contributed by atoms with E-state index in [1.54, 1.807) is 42.0 Å². The highest BCUT2D eigenvalue weighted by atomic mass is 35.5. The van der Waals surface area contributed by atoms with Crippen molar-refractivity contribution in [2.45, 2.75) is 59.8 Å². The topological polar surface area (TPSA) is 133 Å². The van der Waals surface area contributed by atoms with E-state index in [1.165, 1.54) is 0 Å². The Bertz CT molecular complexity index is 2570. The van der Waals surface area contributed by atoms with Crippen molar-refractivity contribution in [3.8, 4) is 23.1 Å². The predicted octanol–water partition coefficient (Wildman–Crippen LogP) is 4.70. The SMILES string of the molecule is CCN(CCCCCC(=O)NCCNC(=O)Cc1c(C)n(C(=O)c2ccc(Cl)cc2)c2ccc(OC)cc12)c1ccc2oc3cc(=[N+](CC)CC)ccc-3c(C#N)c2c1.[Cl-]. The van der Waals surface area contributed by atoms with Crippen LogP contribution in [0.25, 0.3) is 33.2 Å². The minimum atomic E-state index is -0.221. The molecule has 0 saturated carbocycles. The molecule has 2 aliphatic rings. The fourth-order valence-corrected chi connectivity index (χ4v) is 7.84. The van der Waals surface area contributed by atoms with Crippen LogP contribution < -0.4 is 42.6 Å². The van der Waals surface area contributed by atoms with Gasteiger partial charge >= 0.3 is 0 Å². The van der Waals surface area contributed by atoms with Gasteiger partial charge in [0.15, 0.2) is 0 Å². The Kier molecular flexibility index (Phi) is 15.8. The first kappa shape index (κ1) is 45.3. The molecule has 11 nitrogen and oxygen atoms in total. The van der Waals surface area contributed by atoms with Gasteiger partial charge < -0.3 is 37.1 Å². The molecular formula is C47H52Cl2N6O5. The molecule has 2 heterocycles. The second kappa shape index (κ2) is 20.9. The number of aromatic nitrogens is 1. The molecule has 0 unspecified atom stereocenters. The number of rotatable bonds is 17. The van der Waals surface area contributed by atoms with E-state index in [0.29, 0.717) is 57.4 Å². The lowest BCUT2D eigenvalue weighted by Gasteiger charge is -2.24. The van der Waals surface area contributed by atoms with Crippen LogP contribution in [-0.2, 0) is 16.0 Å². The quantitative estimate of drug-likeness (QED) is 0.0773. The Morgan fingerprint density at radius 2 is 1.62 bits per heavy atom. The van der Waals surface area contributed by atoms with Crippen molar-refractivity contribution < 1.29 is 35.9 Å². The van der Waals surface area contributed by atoms with Gasteiger partial charge in [0.25, 0.3) is 5.91 Å². The Morgan fingerprint density at radius 1 is 0.883 bits per heavy atom. The molecule has 2 N–H and O–H groups in total. The minimum absolute atomic E-state index is 0. The van der Waals surface area contributed by atoms with Crippen LogP contribution in [0.5, 0.6) is 5.75 Å². The first-order valence-corrected chi connectivity index (χ1v) is 20.7. The maximum Gasteiger partial charge on any atom is 0.262 e. The summed E-state index contributed by atoms with van der Waals surface area (Å²) < 4.78 is 15.6. The number of carbonyl (C=O) groups is 3. The number of nitriles is 1. The molecule has 0 saturated heterocycles. The van der Waals surface area contributed by atoms with Gasteiger partial charge in [0.05, 0.1) is 30.7 Å². The van der Waals surface area contributed by atoms with Gasteiger partial charge in [-0.15, -0.1) is 0 Å². The molecule has 0 bridgehead atoms. The van der Waals surface area contributed by atoms with Crippen LogP contribution in [0, 0.1) is 18.3 Å². The van der Waals surface area contributed by atoms with Gasteiger partial charge in [-0.1, -0.05) is 18.0 Å². The number of ether oxygens (including phenoxy) is 1. The van der Waals surface area contributed by atoms with Gasteiger partial charge in [0, 0.05) is 77.0 Å². The molecule has 314 valence electrons. The zero-order valence-corrected chi connectivity index (χ0v) is 36.4. The molecule has 4 aromatic rings. The summed E-state index contributed by atoms with van der Waals surface area (Å²) in [5.74, 6) is 0.826. The second-order valence-electron chi connectivity index (χ2n) is 14.5. The number of methoxy groups -OCH3 is 1. The number of hydrogen-bond donors (Lipinski definition) is 2. The number of hydrogen-bond acceptors (Lipinski definition) is 7. The molecule has 13 heteroatoms. The van der Waals surface area contributed by atoms with Crippen LogP contribution in [0.4, 0.5) is 5.69 Å². The number of fused-ring (bicyclic) bond motifs is 3. The van der Waals surface area contributed by atoms with Crippen molar-refractivity contribution in [3.05, 3.63) is 112 Å². The number of anilines is 1. The van der Waals surface area contributed by atoms with E-state index < -0.39 is 0 Å². The zero-order valence-electron chi connectivity index (χ0n) is 34.9. The summed E-state index contributed by atoms with van der Waals surface area (Å²) in [6.45, 7) is 12.2. The Hall–Kier alpha value is -5.83. The van der Waals surface area contributed by atoms with Crippen molar-refractivity contribution >= 4 is 56.9 Å². The summed E-state index contributed by atoms with van der Waals surface area (Å²) in [4.78, 5) is 41.7. The average Bonchev–Trinajstić information content (AvgIpc) is 3.52. The maximum atomic E-state index is 13.6. The summed E-state index contributed by atoms with van der Waals surface area (Å²) in [5, 5.41) is 19.2. The number of nitrogens with one attached hydrogen (secondary N) is 2. The van der Waals surface area contributed by atoms with Gasteiger partial charge in [-0.25, -0.2) is 4.58 Å². The Labute approximate surface area is 362 Å². The van der Waals surface area contributed by atoms with Crippen LogP contribution in [0.15, 0.2) is 83.3 Å². The van der Waals surface area contributed by atoms with Crippen LogP contribution in [0.2, 0.25) is 5.02 Å². The van der Waals surface area contributed by atoms with Crippen LogP contribution in [0.1, 0.15) is 73.6 Å². The summed E-state index contributed by atoms with van der Waals surface area (Å²) >= 11 is 6.05. The third kappa shape index (κ3) is 10.1. The third-order valence-corrected chi connectivity index (χ3v) is 11.2. The highest BCUT2D eigenvalue weighted by Crippen LogP contribution is 2.35. The van der Waals surface area contributed by atoms with Crippen LogP contribution in [-0.4, -0.2) is 68.7 Å². The molecule has 2 amide bonds. The number of amides is 2. The van der Waals surface area contributed by atoms with Crippen LogP contribution >= 0.6 is 11.6 Å². The first-order valence-electron chi connectivity index (χ1n) is 20.4. The molecule has 0 fully saturated rings. The molecule has 0 atom stereocenters. The summed E-state index contributed by atoms with van der Waals surface area (Å²) in [5.41, 5.74) is 5.67. The van der Waals surface area contributed by atoms with E-state index in [4.69, 9.17) is 20.8 Å². The first-order chi connectivity index (χ1) is 28.6. The number of unbranched alkanes of at least 4 members (excludes halogenated alkanes) is 2. The molecule has 0 radical (unpaired) electrons. The Morgan fingerprint density at radius 3 is 2.30 bits per heavy atom. The predicted molar refractivity (Wildman–Crippen MR) is 234 cm³/mol. The highest BCUT2D eigenvalue weighted by molar-refractivity contribution is 6.30. The van der Waals surface area contributed by atoms with E-state index in [2.05, 4.69) is 53.0 Å². The van der Waals surface area contributed by atoms with Gasteiger partial charge in [0.1, 0.15) is 36.3 Å². The number of carbonyl (C=O) groups excluding carboxylic acids is 3. The van der Waals surface area contributed by atoms with E-state index in [9.17, 15) is 19.6 Å². The second-order valence-corrected chi connectivity index (χ2v) is 14.9. The molecule has 1 aliphatic heterocycles. The lowest BCUT2D eigenvalue weighted by atomic mass is 10.00. The lowest BCUT2D eigenvalue weighted by molar-refractivity contribution is -0.122. The fraction of sp³-hybridized carbons (Fsp3) is 0.340. The zero-order chi connectivity index (χ0) is 42.1. The highest BCUT2D eigenvalue weighted by Gasteiger charge is 2.23. The molecule has 6 rings (SSSR count). The van der Waals surface area contributed by atoms with E-state index in [0.717, 1.165) is 78.4 Å². The summed E-state index contributed by atoms with van der Waals surface area (Å²) in [7, 11) is 1.57. The third-order valence-electron chi connectivity index (χ3n) is 10.9. The van der Waals surface area contributed by atoms with Crippen molar-refractivity contribution in [1.29, 1.82) is 5.26 Å². The Balaban J connectivity index is 0.00000683. The summed E-state index contributed by atoms with van der Waals surface area (Å²) in [6.07, 6.45) is 2.98. The standard InChI is InChI=1S/C47H51ClN6O5.ClH/c1-6-52(7-2)35-17-20-37-41(30-49)40-26-34(18-22-43(40)59-44(37)27-35)53(8-3)25-11-9-10-12-45(55)50-23-24-51-46(56)29-38-31(4)54(42-21-19-36(58-5)28-39(38)42)47(57)32-13-15-33(48)16-14-32;/h13-22,26-28H,6-12,23-25,29H2,1-5H3,(H-,50,51,55,56);1H. The van der Waals surface area contributed by atoms with Crippen molar-refractivity contribution in [3.63, 3.8) is 0 Å². The molecule has 3 aromatic carbocycles. The number of benzene rings is 4. The van der Waals surface area contributed by atoms with Crippen molar-refractivity contribution in [2.24, 2.45) is 0 Å². The maximum absolute atomic E-state index is 13.6.